The van der Waals surface area contributed by atoms with Crippen LogP contribution in [0.4, 0.5) is 0 Å². The molecule has 3 aromatic carbocycles. The van der Waals surface area contributed by atoms with Crippen molar-refractivity contribution in [2.75, 3.05) is 6.54 Å². The average molecular weight is 494 g/mol. The zero-order valence-electron chi connectivity index (χ0n) is 19.1. The molecule has 4 aromatic rings. The highest BCUT2D eigenvalue weighted by molar-refractivity contribution is 7.89. The molecule has 1 aromatic heterocycles. The van der Waals surface area contributed by atoms with Crippen LogP contribution in [0.15, 0.2) is 90.0 Å². The number of aryl methyl sites for hydroxylation is 1. The number of benzene rings is 3. The third kappa shape index (κ3) is 5.76. The molecule has 0 radical (unpaired) electrons. The Morgan fingerprint density at radius 3 is 2.32 bits per heavy atom. The summed E-state index contributed by atoms with van der Waals surface area (Å²) in [7, 11) is -3.64. The van der Waals surface area contributed by atoms with Crippen LogP contribution < -0.4 is 4.72 Å². The highest BCUT2D eigenvalue weighted by Gasteiger charge is 2.16. The maximum Gasteiger partial charge on any atom is 0.242 e. The van der Waals surface area contributed by atoms with Gasteiger partial charge in [-0.3, -0.25) is 0 Å². The lowest BCUT2D eigenvalue weighted by molar-refractivity contribution is 0.581. The Hall–Kier alpha value is -2.93. The molecule has 0 spiro atoms. The maximum atomic E-state index is 12.5. The Labute approximate surface area is 206 Å². The first kappa shape index (κ1) is 24.2. The minimum absolute atomic E-state index is 0.0981. The maximum absolute atomic E-state index is 12.5. The Morgan fingerprint density at radius 1 is 0.912 bits per heavy atom. The number of hydrogen-bond donors (Lipinski definition) is 1. The summed E-state index contributed by atoms with van der Waals surface area (Å²) >= 11 is 6.04. The van der Waals surface area contributed by atoms with Crippen molar-refractivity contribution in [1.29, 1.82) is 0 Å². The first-order chi connectivity index (χ1) is 16.5. The molecule has 5 nitrogen and oxygen atoms in total. The van der Waals surface area contributed by atoms with Gasteiger partial charge in [-0.15, -0.1) is 0 Å². The first-order valence-electron chi connectivity index (χ1n) is 11.4. The molecule has 4 rings (SSSR count). The highest BCUT2D eigenvalue weighted by atomic mass is 35.5. The fraction of sp³-hybridized carbons (Fsp3) is 0.222. The molecule has 0 bridgehead atoms. The molecule has 0 saturated heterocycles. The Bertz CT molecular complexity index is 1330. The summed E-state index contributed by atoms with van der Waals surface area (Å²) in [6.45, 7) is 2.47. The molecular weight excluding hydrogens is 466 g/mol. The van der Waals surface area contributed by atoms with E-state index in [1.165, 1.54) is 6.07 Å². The van der Waals surface area contributed by atoms with Crippen LogP contribution in [-0.4, -0.2) is 24.5 Å². The molecule has 1 heterocycles. The smallest absolute Gasteiger partial charge is 0.242 e. The van der Waals surface area contributed by atoms with Crippen LogP contribution in [0, 0.1) is 0 Å². The van der Waals surface area contributed by atoms with Crippen molar-refractivity contribution in [3.63, 3.8) is 0 Å². The van der Waals surface area contributed by atoms with Crippen LogP contribution in [0.1, 0.15) is 31.2 Å². The number of aromatic nitrogens is 2. The van der Waals surface area contributed by atoms with Crippen LogP contribution in [0.3, 0.4) is 0 Å². The summed E-state index contributed by atoms with van der Waals surface area (Å²) in [4.78, 5) is 5.00. The number of nitrogens with zero attached hydrogens (tertiary/aromatic N) is 2. The fourth-order valence-corrected chi connectivity index (χ4v) is 5.34. The van der Waals surface area contributed by atoms with Gasteiger partial charge in [-0.25, -0.2) is 18.1 Å². The van der Waals surface area contributed by atoms with Gasteiger partial charge in [-0.2, -0.15) is 0 Å². The van der Waals surface area contributed by atoms with E-state index in [9.17, 15) is 8.42 Å². The van der Waals surface area contributed by atoms with Crippen molar-refractivity contribution in [3.8, 4) is 16.9 Å². The normalized spacial score (nSPS) is 11.6. The number of rotatable bonds is 10. The van der Waals surface area contributed by atoms with E-state index in [0.717, 1.165) is 47.6 Å². The molecule has 0 aliphatic carbocycles. The van der Waals surface area contributed by atoms with Gasteiger partial charge in [0, 0.05) is 30.4 Å². The molecule has 0 fully saturated rings. The van der Waals surface area contributed by atoms with E-state index >= 15 is 0 Å². The van der Waals surface area contributed by atoms with E-state index in [2.05, 4.69) is 46.7 Å². The minimum atomic E-state index is -3.64. The van der Waals surface area contributed by atoms with Gasteiger partial charge in [0.2, 0.25) is 10.0 Å². The average Bonchev–Trinajstić information content (AvgIpc) is 3.28. The fourth-order valence-electron chi connectivity index (χ4n) is 3.79. The molecule has 7 heteroatoms. The second kappa shape index (κ2) is 11.0. The first-order valence-corrected chi connectivity index (χ1v) is 13.3. The lowest BCUT2D eigenvalue weighted by Gasteiger charge is -2.10. The number of sulfonamides is 1. The minimum Gasteiger partial charge on any atom is -0.303 e. The number of halogens is 1. The van der Waals surface area contributed by atoms with Gasteiger partial charge in [0.1, 0.15) is 10.7 Å². The lowest BCUT2D eigenvalue weighted by atomic mass is 10.1. The van der Waals surface area contributed by atoms with Gasteiger partial charge in [-0.1, -0.05) is 79.5 Å². The lowest BCUT2D eigenvalue weighted by Crippen LogP contribution is -2.26. The van der Waals surface area contributed by atoms with Gasteiger partial charge in [0.25, 0.3) is 0 Å². The summed E-state index contributed by atoms with van der Waals surface area (Å²) in [5.74, 6) is 1.04. The van der Waals surface area contributed by atoms with E-state index in [1.54, 1.807) is 18.2 Å². The van der Waals surface area contributed by atoms with E-state index in [4.69, 9.17) is 16.6 Å². The number of imidazole rings is 1. The van der Waals surface area contributed by atoms with Gasteiger partial charge in [-0.05, 0) is 42.7 Å². The molecule has 0 atom stereocenters. The van der Waals surface area contributed by atoms with Crippen LogP contribution >= 0.6 is 11.6 Å². The Kier molecular flexibility index (Phi) is 7.83. The molecule has 0 unspecified atom stereocenters. The highest BCUT2D eigenvalue weighted by Crippen LogP contribution is 2.23. The summed E-state index contributed by atoms with van der Waals surface area (Å²) < 4.78 is 29.8. The monoisotopic (exact) mass is 493 g/mol. The number of unbranched alkanes of at least 4 members (excludes halogenated alkanes) is 1. The van der Waals surface area contributed by atoms with Gasteiger partial charge in [0.05, 0.1) is 10.7 Å². The Balaban J connectivity index is 1.47. The molecule has 176 valence electrons. The summed E-state index contributed by atoms with van der Waals surface area (Å²) in [5.41, 5.74) is 4.15. The second-order valence-electron chi connectivity index (χ2n) is 8.13. The summed E-state index contributed by atoms with van der Waals surface area (Å²) in [6.07, 6.45) is 5.76. The SMILES string of the molecule is CCCCc1nc(-c2ccccc2)cn1-c1ccc(CCNS(=O)(=O)c2ccccc2Cl)cc1. The predicted octanol–water partition coefficient (Wildman–Crippen LogP) is 6.06. The van der Waals surface area contributed by atoms with Crippen molar-refractivity contribution in [2.24, 2.45) is 0 Å². The van der Waals surface area contributed by atoms with E-state index in [-0.39, 0.29) is 16.5 Å². The van der Waals surface area contributed by atoms with Crippen LogP contribution in [0.25, 0.3) is 16.9 Å². The van der Waals surface area contributed by atoms with Crippen LogP contribution in [-0.2, 0) is 22.9 Å². The van der Waals surface area contributed by atoms with Crippen molar-refractivity contribution in [1.82, 2.24) is 14.3 Å². The quantitative estimate of drug-likeness (QED) is 0.292. The van der Waals surface area contributed by atoms with E-state index in [0.29, 0.717) is 6.42 Å². The van der Waals surface area contributed by atoms with Crippen LogP contribution in [0.5, 0.6) is 0 Å². The summed E-state index contributed by atoms with van der Waals surface area (Å²) in [6, 6.07) is 24.8. The molecule has 0 saturated carbocycles. The second-order valence-corrected chi connectivity index (χ2v) is 10.3. The largest absolute Gasteiger partial charge is 0.303 e. The molecule has 0 amide bonds. The van der Waals surface area contributed by atoms with Gasteiger partial charge < -0.3 is 4.57 Å². The molecule has 1 N–H and O–H groups in total. The zero-order chi connectivity index (χ0) is 24.0. The summed E-state index contributed by atoms with van der Waals surface area (Å²) in [5, 5.41) is 0.216. The molecule has 0 aliphatic heterocycles. The third-order valence-corrected chi connectivity index (χ3v) is 7.61. The van der Waals surface area contributed by atoms with Crippen molar-refractivity contribution >= 4 is 21.6 Å². The van der Waals surface area contributed by atoms with Gasteiger partial charge >= 0.3 is 0 Å². The molecule has 34 heavy (non-hydrogen) atoms. The van der Waals surface area contributed by atoms with Crippen molar-refractivity contribution in [2.45, 2.75) is 37.5 Å². The van der Waals surface area contributed by atoms with Crippen molar-refractivity contribution in [3.05, 3.63) is 101 Å². The topological polar surface area (TPSA) is 64.0 Å². The van der Waals surface area contributed by atoms with Crippen LogP contribution in [0.2, 0.25) is 5.02 Å². The van der Waals surface area contributed by atoms with Gasteiger partial charge in [0.15, 0.2) is 0 Å². The number of hydrogen-bond acceptors (Lipinski definition) is 3. The van der Waals surface area contributed by atoms with Crippen molar-refractivity contribution < 1.29 is 8.42 Å². The molecular formula is C27H28ClN3O2S. The number of nitrogens with one attached hydrogen (secondary N) is 1. The standard InChI is InChI=1S/C27H28ClN3O2S/c1-2-3-13-27-30-25(22-9-5-4-6-10-22)20-31(27)23-16-14-21(15-17-23)18-19-29-34(32,33)26-12-8-7-11-24(26)28/h4-12,14-17,20,29H,2-3,13,18-19H2,1H3. The Morgan fingerprint density at radius 2 is 1.62 bits per heavy atom. The van der Waals surface area contributed by atoms with E-state index in [1.807, 2.05) is 30.3 Å². The zero-order valence-corrected chi connectivity index (χ0v) is 20.7. The van der Waals surface area contributed by atoms with E-state index < -0.39 is 10.0 Å². The third-order valence-electron chi connectivity index (χ3n) is 5.65. The molecule has 0 aliphatic rings. The predicted molar refractivity (Wildman–Crippen MR) is 138 cm³/mol.